The van der Waals surface area contributed by atoms with Gasteiger partial charge < -0.3 is 10.7 Å². The van der Waals surface area contributed by atoms with Gasteiger partial charge in [0.1, 0.15) is 0 Å². The Balaban J connectivity index is 1.71. The molecule has 0 spiro atoms. The summed E-state index contributed by atoms with van der Waals surface area (Å²) in [5.74, 6) is 6.34. The molecule has 0 saturated heterocycles. The highest BCUT2D eigenvalue weighted by Crippen LogP contribution is 2.25. The van der Waals surface area contributed by atoms with Crippen LogP contribution in [0, 0.1) is 6.92 Å². The van der Waals surface area contributed by atoms with Crippen molar-refractivity contribution in [1.29, 1.82) is 0 Å². The molecule has 2 N–H and O–H groups in total. The summed E-state index contributed by atoms with van der Waals surface area (Å²) < 4.78 is 1.48. The van der Waals surface area contributed by atoms with Crippen LogP contribution in [-0.2, 0) is 4.79 Å². The third-order valence-electron chi connectivity index (χ3n) is 4.12. The summed E-state index contributed by atoms with van der Waals surface area (Å²) in [6.45, 7) is 4.61. The van der Waals surface area contributed by atoms with Gasteiger partial charge in [0, 0.05) is 17.8 Å². The van der Waals surface area contributed by atoms with Crippen LogP contribution in [0.15, 0.2) is 66.0 Å². The Hall–Kier alpha value is -2.73. The van der Waals surface area contributed by atoms with Gasteiger partial charge in [-0.15, -0.1) is 0 Å². The third-order valence-corrected chi connectivity index (χ3v) is 5.07. The fourth-order valence-corrected chi connectivity index (χ4v) is 3.56. The summed E-state index contributed by atoms with van der Waals surface area (Å²) in [7, 11) is 0. The Labute approximate surface area is 157 Å². The van der Waals surface area contributed by atoms with Crippen LogP contribution in [0.1, 0.15) is 12.5 Å². The lowest BCUT2D eigenvalue weighted by molar-refractivity contribution is -0.116. The topological polar surface area (TPSA) is 64.2 Å². The smallest absolute Gasteiger partial charge is 0.237 e. The van der Waals surface area contributed by atoms with E-state index < -0.39 is 0 Å². The molecule has 0 saturated carbocycles. The fraction of sp³-hybridized carbons (Fsp3) is 0.200. The number of hydrogen-bond donors (Lipinski definition) is 1. The number of rotatable bonds is 6. The molecule has 0 atom stereocenters. The Kier molecular flexibility index (Phi) is 5.63. The molecular weight excluding hydrogens is 344 g/mol. The second-order valence-corrected chi connectivity index (χ2v) is 6.84. The second kappa shape index (κ2) is 8.10. The minimum atomic E-state index is 0.0380. The number of anilines is 1. The van der Waals surface area contributed by atoms with Gasteiger partial charge in [-0.25, -0.2) is 9.66 Å². The Morgan fingerprint density at radius 2 is 1.85 bits per heavy atom. The number of para-hydroxylation sites is 1. The Morgan fingerprint density at radius 1 is 1.15 bits per heavy atom. The van der Waals surface area contributed by atoms with Crippen LogP contribution >= 0.6 is 11.8 Å². The van der Waals surface area contributed by atoms with Crippen molar-refractivity contribution in [2.45, 2.75) is 19.0 Å². The summed E-state index contributed by atoms with van der Waals surface area (Å²) in [6.07, 6.45) is 1.78. The highest BCUT2D eigenvalue weighted by molar-refractivity contribution is 7.99. The summed E-state index contributed by atoms with van der Waals surface area (Å²) in [5.41, 5.74) is 3.83. The highest BCUT2D eigenvalue weighted by atomic mass is 32.2. The Bertz CT molecular complexity index is 892. The summed E-state index contributed by atoms with van der Waals surface area (Å²) >= 11 is 1.35. The van der Waals surface area contributed by atoms with Gasteiger partial charge in [0.25, 0.3) is 0 Å². The molecular formula is C20H22N4OS. The molecule has 3 rings (SSSR count). The Morgan fingerprint density at radius 3 is 2.54 bits per heavy atom. The van der Waals surface area contributed by atoms with E-state index >= 15 is 0 Å². The first-order valence-corrected chi connectivity index (χ1v) is 9.47. The molecule has 0 aliphatic carbocycles. The number of aromatic nitrogens is 2. The molecule has 1 amide bonds. The monoisotopic (exact) mass is 366 g/mol. The van der Waals surface area contributed by atoms with Crippen LogP contribution < -0.4 is 10.7 Å². The zero-order chi connectivity index (χ0) is 18.5. The van der Waals surface area contributed by atoms with E-state index in [1.54, 1.807) is 11.1 Å². The van der Waals surface area contributed by atoms with Crippen molar-refractivity contribution in [3.8, 4) is 11.3 Å². The number of nitrogen functional groups attached to an aromatic ring is 1. The first-order valence-electron chi connectivity index (χ1n) is 8.48. The van der Waals surface area contributed by atoms with Gasteiger partial charge >= 0.3 is 0 Å². The standard InChI is InChI=1S/C20H22N4OS/c1-3-23(18-12-8-7-9-15(18)2)19(25)14-26-20-22-17(13-24(20)21)16-10-5-4-6-11-16/h4-13H,3,14,21H2,1-2H3. The number of carbonyl (C=O) groups excluding carboxylic acids is 1. The van der Waals surface area contributed by atoms with E-state index in [-0.39, 0.29) is 11.7 Å². The number of carbonyl (C=O) groups is 1. The average molecular weight is 366 g/mol. The van der Waals surface area contributed by atoms with Gasteiger partial charge in [-0.1, -0.05) is 60.3 Å². The largest absolute Gasteiger partial charge is 0.337 e. The minimum absolute atomic E-state index is 0.0380. The molecule has 2 aromatic carbocycles. The highest BCUT2D eigenvalue weighted by Gasteiger charge is 2.17. The molecule has 5 nitrogen and oxygen atoms in total. The van der Waals surface area contributed by atoms with Gasteiger partial charge in [-0.3, -0.25) is 4.79 Å². The first-order chi connectivity index (χ1) is 12.6. The van der Waals surface area contributed by atoms with E-state index in [1.165, 1.54) is 16.4 Å². The van der Waals surface area contributed by atoms with E-state index in [0.717, 1.165) is 22.5 Å². The number of thioether (sulfide) groups is 1. The molecule has 6 heteroatoms. The molecule has 0 aliphatic rings. The van der Waals surface area contributed by atoms with Crippen LogP contribution in [0.3, 0.4) is 0 Å². The quantitative estimate of drug-likeness (QED) is 0.533. The molecule has 26 heavy (non-hydrogen) atoms. The predicted molar refractivity (Wildman–Crippen MR) is 108 cm³/mol. The van der Waals surface area contributed by atoms with Crippen molar-refractivity contribution in [1.82, 2.24) is 9.66 Å². The van der Waals surface area contributed by atoms with Crippen molar-refractivity contribution in [2.75, 3.05) is 23.0 Å². The van der Waals surface area contributed by atoms with E-state index in [0.29, 0.717) is 11.7 Å². The molecule has 0 fully saturated rings. The van der Waals surface area contributed by atoms with Crippen molar-refractivity contribution in [3.63, 3.8) is 0 Å². The third kappa shape index (κ3) is 3.91. The lowest BCUT2D eigenvalue weighted by Gasteiger charge is -2.22. The van der Waals surface area contributed by atoms with Crippen LogP contribution in [-0.4, -0.2) is 27.9 Å². The molecule has 0 unspecified atom stereocenters. The number of benzene rings is 2. The maximum Gasteiger partial charge on any atom is 0.237 e. The van der Waals surface area contributed by atoms with Crippen LogP contribution in [0.4, 0.5) is 5.69 Å². The first kappa shape index (κ1) is 18.1. The fourth-order valence-electron chi connectivity index (χ4n) is 2.78. The van der Waals surface area contributed by atoms with Crippen molar-refractivity contribution < 1.29 is 4.79 Å². The summed E-state index contributed by atoms with van der Waals surface area (Å²) in [6, 6.07) is 17.8. The van der Waals surface area contributed by atoms with Gasteiger partial charge in [0.05, 0.1) is 17.6 Å². The average Bonchev–Trinajstić information content (AvgIpc) is 3.03. The lowest BCUT2D eigenvalue weighted by Crippen LogP contribution is -2.32. The van der Waals surface area contributed by atoms with Crippen molar-refractivity contribution >= 4 is 23.4 Å². The molecule has 134 valence electrons. The van der Waals surface area contributed by atoms with Gasteiger partial charge in [-0.2, -0.15) is 0 Å². The minimum Gasteiger partial charge on any atom is -0.337 e. The molecule has 3 aromatic rings. The second-order valence-electron chi connectivity index (χ2n) is 5.90. The molecule has 0 radical (unpaired) electrons. The van der Waals surface area contributed by atoms with Crippen LogP contribution in [0.2, 0.25) is 0 Å². The summed E-state index contributed by atoms with van der Waals surface area (Å²) in [5, 5.41) is 0.623. The normalized spacial score (nSPS) is 10.7. The zero-order valence-electron chi connectivity index (χ0n) is 14.9. The van der Waals surface area contributed by atoms with Gasteiger partial charge in [-0.05, 0) is 25.5 Å². The number of hydrogen-bond acceptors (Lipinski definition) is 4. The molecule has 1 aromatic heterocycles. The maximum absolute atomic E-state index is 12.7. The van der Waals surface area contributed by atoms with Gasteiger partial charge in [0.15, 0.2) is 5.16 Å². The predicted octanol–water partition coefficient (Wildman–Crippen LogP) is 3.72. The number of aryl methyl sites for hydroxylation is 1. The van der Waals surface area contributed by atoms with E-state index in [4.69, 9.17) is 5.84 Å². The van der Waals surface area contributed by atoms with Gasteiger partial charge in [0.2, 0.25) is 5.91 Å². The van der Waals surface area contributed by atoms with Crippen molar-refractivity contribution in [3.05, 3.63) is 66.4 Å². The SMILES string of the molecule is CCN(C(=O)CSc1nc(-c2ccccc2)cn1N)c1ccccc1C. The van der Waals surface area contributed by atoms with Crippen molar-refractivity contribution in [2.24, 2.45) is 0 Å². The summed E-state index contributed by atoms with van der Waals surface area (Å²) in [4.78, 5) is 19.1. The van der Waals surface area contributed by atoms with E-state index in [1.807, 2.05) is 68.4 Å². The lowest BCUT2D eigenvalue weighted by atomic mass is 10.2. The molecule has 0 aliphatic heterocycles. The number of nitrogens with zero attached hydrogens (tertiary/aromatic N) is 3. The van der Waals surface area contributed by atoms with Crippen LogP contribution in [0.5, 0.6) is 0 Å². The number of amides is 1. The van der Waals surface area contributed by atoms with E-state index in [9.17, 15) is 4.79 Å². The molecule has 0 bridgehead atoms. The maximum atomic E-state index is 12.7. The molecule has 1 heterocycles. The number of nitrogens with two attached hydrogens (primary N) is 1. The van der Waals surface area contributed by atoms with E-state index in [2.05, 4.69) is 4.98 Å². The zero-order valence-corrected chi connectivity index (χ0v) is 15.7. The number of imidazole rings is 1. The van der Waals surface area contributed by atoms with Crippen LogP contribution in [0.25, 0.3) is 11.3 Å².